The lowest BCUT2D eigenvalue weighted by atomic mass is 9.89. The fourth-order valence-corrected chi connectivity index (χ4v) is 9.19. The Bertz CT molecular complexity index is 1230. The molecule has 0 unspecified atom stereocenters. The van der Waals surface area contributed by atoms with Gasteiger partial charge in [-0.25, -0.2) is 4.79 Å². The molecule has 214 valence electrons. The summed E-state index contributed by atoms with van der Waals surface area (Å²) in [6.07, 6.45) is 0.859. The van der Waals surface area contributed by atoms with Gasteiger partial charge in [0, 0.05) is 18.0 Å². The van der Waals surface area contributed by atoms with E-state index in [2.05, 4.69) is 19.2 Å². The molecule has 0 saturated heterocycles. The topological polar surface area (TPSA) is 75.6 Å². The van der Waals surface area contributed by atoms with Crippen LogP contribution >= 0.6 is 11.6 Å². The Kier molecular flexibility index (Phi) is 10.4. The molecule has 2 N–H and O–H groups in total. The van der Waals surface area contributed by atoms with Gasteiger partial charge >= 0.3 is 6.09 Å². The van der Waals surface area contributed by atoms with E-state index in [1.54, 1.807) is 24.3 Å². The van der Waals surface area contributed by atoms with E-state index >= 15 is 0 Å². The molecule has 0 aromatic heterocycles. The maximum absolute atomic E-state index is 13.2. The zero-order chi connectivity index (χ0) is 29.6. The summed E-state index contributed by atoms with van der Waals surface area (Å²) in [5.74, 6) is -0.275. The van der Waals surface area contributed by atoms with Gasteiger partial charge in [-0.05, 0) is 67.1 Å². The molecule has 0 aliphatic heterocycles. The smallest absolute Gasteiger partial charge is 0.407 e. The fraction of sp³-hybridized carbons (Fsp3) is 0.394. The van der Waals surface area contributed by atoms with Gasteiger partial charge in [0.1, 0.15) is 5.60 Å². The third kappa shape index (κ3) is 7.84. The molecule has 2 atom stereocenters. The molecule has 3 rings (SSSR count). The molecule has 0 fully saturated rings. The van der Waals surface area contributed by atoms with Crippen LogP contribution in [-0.4, -0.2) is 36.6 Å². The first-order valence-electron chi connectivity index (χ1n) is 13.9. The first-order chi connectivity index (χ1) is 18.7. The van der Waals surface area contributed by atoms with Gasteiger partial charge in [0.15, 0.2) is 5.78 Å². The largest absolute Gasteiger partial charge is 0.444 e. The molecule has 5 nitrogen and oxygen atoms in total. The van der Waals surface area contributed by atoms with Crippen LogP contribution in [0.25, 0.3) is 0 Å². The maximum Gasteiger partial charge on any atom is 0.407 e. The van der Waals surface area contributed by atoms with E-state index in [-0.39, 0.29) is 24.2 Å². The van der Waals surface area contributed by atoms with Crippen molar-refractivity contribution in [2.24, 2.45) is 5.92 Å². The van der Waals surface area contributed by atoms with Crippen molar-refractivity contribution in [2.45, 2.75) is 77.5 Å². The van der Waals surface area contributed by atoms with Crippen molar-refractivity contribution < 1.29 is 19.1 Å². The highest BCUT2D eigenvalue weighted by Gasteiger charge is 2.50. The second kappa shape index (κ2) is 13.2. The summed E-state index contributed by atoms with van der Waals surface area (Å²) >= 11 is 6.29. The highest BCUT2D eigenvalue weighted by Crippen LogP contribution is 2.41. The minimum absolute atomic E-state index is 0.0761. The molecule has 0 spiro atoms. The van der Waals surface area contributed by atoms with Crippen LogP contribution in [-0.2, 0) is 4.74 Å². The fourth-order valence-electron chi connectivity index (χ4n) is 5.19. The zero-order valence-corrected chi connectivity index (χ0v) is 26.2. The summed E-state index contributed by atoms with van der Waals surface area (Å²) < 4.78 is 5.57. The number of ether oxygens (including phenoxy) is 1. The maximum atomic E-state index is 13.2. The zero-order valence-electron chi connectivity index (χ0n) is 24.4. The SMILES string of the molecule is C[C@@H](CC(=O)c1ccccc1Cl)[C@@H](CCC(C)(C)[Si](O)(c1ccccc1)c1ccccc1)NC(=O)OC(C)(C)C. The van der Waals surface area contributed by atoms with Crippen molar-refractivity contribution in [3.63, 3.8) is 0 Å². The molecule has 3 aromatic carbocycles. The van der Waals surface area contributed by atoms with Gasteiger partial charge in [0.05, 0.1) is 5.02 Å². The first kappa shape index (κ1) is 31.6. The predicted molar refractivity (Wildman–Crippen MR) is 166 cm³/mol. The van der Waals surface area contributed by atoms with E-state index in [0.717, 1.165) is 10.4 Å². The molecular formula is C33H42ClNO4Si. The van der Waals surface area contributed by atoms with Crippen LogP contribution in [0.3, 0.4) is 0 Å². The van der Waals surface area contributed by atoms with Crippen LogP contribution in [0.2, 0.25) is 10.1 Å². The lowest BCUT2D eigenvalue weighted by Gasteiger charge is -2.42. The predicted octanol–water partition coefficient (Wildman–Crippen LogP) is 6.75. The molecule has 1 amide bonds. The van der Waals surface area contributed by atoms with Crippen LogP contribution in [0, 0.1) is 5.92 Å². The number of nitrogens with one attached hydrogen (secondary N) is 1. The third-order valence-corrected chi connectivity index (χ3v) is 12.4. The molecule has 0 radical (unpaired) electrons. The van der Waals surface area contributed by atoms with Gasteiger partial charge in [-0.2, -0.15) is 0 Å². The number of Topliss-reactive ketones (excluding diaryl/α,β-unsaturated/α-hetero) is 1. The van der Waals surface area contributed by atoms with Crippen LogP contribution in [0.1, 0.15) is 71.2 Å². The van der Waals surface area contributed by atoms with Crippen LogP contribution < -0.4 is 15.7 Å². The monoisotopic (exact) mass is 579 g/mol. The van der Waals surface area contributed by atoms with Gasteiger partial charge in [0.25, 0.3) is 8.32 Å². The molecule has 3 aromatic rings. The number of amides is 1. The standard InChI is InChI=1S/C33H42ClNO4Si/c1-24(23-30(36)27-19-13-14-20-28(27)34)29(35-31(37)39-32(2,3)4)21-22-33(5,6)40(38,25-15-9-7-10-16-25)26-17-11-8-12-18-26/h7-20,24,29,38H,21-23H2,1-6H3,(H,35,37)/t24-,29+/m0/s1. The van der Waals surface area contributed by atoms with E-state index in [4.69, 9.17) is 16.3 Å². The molecular weight excluding hydrogens is 538 g/mol. The van der Waals surface area contributed by atoms with Gasteiger partial charge in [-0.3, -0.25) is 4.79 Å². The average molecular weight is 580 g/mol. The van der Waals surface area contributed by atoms with Gasteiger partial charge in [-0.1, -0.05) is 105 Å². The van der Waals surface area contributed by atoms with Crippen LogP contribution in [0.15, 0.2) is 84.9 Å². The van der Waals surface area contributed by atoms with Crippen LogP contribution in [0.4, 0.5) is 4.79 Å². The summed E-state index contributed by atoms with van der Waals surface area (Å²) in [4.78, 5) is 38.6. The van der Waals surface area contributed by atoms with Crippen molar-refractivity contribution in [3.05, 3.63) is 95.5 Å². The number of halogens is 1. The van der Waals surface area contributed by atoms with Crippen molar-refractivity contribution in [2.75, 3.05) is 0 Å². The van der Waals surface area contributed by atoms with Crippen molar-refractivity contribution in [3.8, 4) is 0 Å². The lowest BCUT2D eigenvalue weighted by Crippen LogP contribution is -2.65. The Balaban J connectivity index is 1.89. The van der Waals surface area contributed by atoms with Crippen LogP contribution in [0.5, 0.6) is 0 Å². The Hall–Kier alpha value is -2.93. The molecule has 0 aliphatic rings. The first-order valence-corrected chi connectivity index (χ1v) is 16.2. The molecule has 7 heteroatoms. The average Bonchev–Trinajstić information content (AvgIpc) is 2.90. The van der Waals surface area contributed by atoms with E-state index in [1.807, 2.05) is 88.4 Å². The van der Waals surface area contributed by atoms with E-state index in [9.17, 15) is 14.4 Å². The summed E-state index contributed by atoms with van der Waals surface area (Å²) in [7, 11) is -3.23. The highest BCUT2D eigenvalue weighted by molar-refractivity contribution is 6.98. The number of hydrogen-bond acceptors (Lipinski definition) is 4. The highest BCUT2D eigenvalue weighted by atomic mass is 35.5. The normalized spacial score (nSPS) is 13.8. The minimum atomic E-state index is -3.23. The summed E-state index contributed by atoms with van der Waals surface area (Å²) in [6.45, 7) is 11.6. The Morgan fingerprint density at radius 3 is 1.88 bits per heavy atom. The molecule has 0 saturated carbocycles. The number of ketones is 1. The number of carbonyl (C=O) groups is 2. The van der Waals surface area contributed by atoms with E-state index in [0.29, 0.717) is 23.4 Å². The van der Waals surface area contributed by atoms with Gasteiger partial charge < -0.3 is 14.8 Å². The van der Waals surface area contributed by atoms with E-state index in [1.165, 1.54) is 0 Å². The summed E-state index contributed by atoms with van der Waals surface area (Å²) in [5.41, 5.74) is -0.180. The molecule has 40 heavy (non-hydrogen) atoms. The number of rotatable bonds is 11. The van der Waals surface area contributed by atoms with Gasteiger partial charge in [-0.15, -0.1) is 0 Å². The van der Waals surface area contributed by atoms with Crippen molar-refractivity contribution in [1.82, 2.24) is 5.32 Å². The van der Waals surface area contributed by atoms with Crippen molar-refractivity contribution >= 4 is 42.2 Å². The molecule has 0 heterocycles. The summed E-state index contributed by atoms with van der Waals surface area (Å²) in [5, 5.41) is 4.82. The molecule has 0 bridgehead atoms. The second-order valence-electron chi connectivity index (χ2n) is 12.2. The van der Waals surface area contributed by atoms with Crippen molar-refractivity contribution in [1.29, 1.82) is 0 Å². The van der Waals surface area contributed by atoms with E-state index < -0.39 is 25.0 Å². The number of alkyl carbamates (subject to hydrolysis) is 1. The quantitative estimate of drug-likeness (QED) is 0.194. The Morgan fingerprint density at radius 2 is 1.38 bits per heavy atom. The summed E-state index contributed by atoms with van der Waals surface area (Å²) in [6, 6.07) is 26.4. The Labute approximate surface area is 245 Å². The minimum Gasteiger partial charge on any atom is -0.444 e. The Morgan fingerprint density at radius 1 is 0.875 bits per heavy atom. The number of hydrogen-bond donors (Lipinski definition) is 2. The third-order valence-electron chi connectivity index (χ3n) is 7.51. The number of benzene rings is 3. The molecule has 0 aliphatic carbocycles. The second-order valence-corrected chi connectivity index (χ2v) is 16.5. The van der Waals surface area contributed by atoms with Gasteiger partial charge in [0.2, 0.25) is 0 Å². The lowest BCUT2D eigenvalue weighted by molar-refractivity contribution is 0.0477. The number of carbonyl (C=O) groups excluding carboxylic acids is 2.